The average molecular weight is 246 g/mol. The van der Waals surface area contributed by atoms with E-state index in [1.54, 1.807) is 6.26 Å². The van der Waals surface area contributed by atoms with Gasteiger partial charge >= 0.3 is 5.97 Å². The van der Waals surface area contributed by atoms with Crippen LogP contribution in [-0.4, -0.2) is 38.3 Å². The Kier molecular flexibility index (Phi) is 4.48. The minimum absolute atomic E-state index is 0.0317. The van der Waals surface area contributed by atoms with Crippen LogP contribution in [0.4, 0.5) is 6.01 Å². The highest BCUT2D eigenvalue weighted by atomic mass is 32.2. The van der Waals surface area contributed by atoms with Gasteiger partial charge in [-0.25, -0.2) is 4.79 Å². The Hall–Kier alpha value is -1.37. The SMILES string of the molecule is CC(CCS(C)=O)Nc1nc(C(=O)O)co1. The number of aromatic carboxylic acids is 1. The van der Waals surface area contributed by atoms with Crippen molar-refractivity contribution in [2.75, 3.05) is 17.3 Å². The molecule has 7 heteroatoms. The zero-order valence-corrected chi connectivity index (χ0v) is 9.91. The van der Waals surface area contributed by atoms with Crippen LogP contribution in [0.1, 0.15) is 23.8 Å². The molecule has 0 aromatic carbocycles. The van der Waals surface area contributed by atoms with E-state index in [1.807, 2.05) is 6.92 Å². The van der Waals surface area contributed by atoms with Gasteiger partial charge in [0, 0.05) is 28.9 Å². The molecule has 0 saturated carbocycles. The number of oxazole rings is 1. The van der Waals surface area contributed by atoms with E-state index in [-0.39, 0.29) is 17.8 Å². The van der Waals surface area contributed by atoms with Crippen LogP contribution in [0, 0.1) is 0 Å². The van der Waals surface area contributed by atoms with Crippen LogP contribution in [0.5, 0.6) is 0 Å². The highest BCUT2D eigenvalue weighted by Gasteiger charge is 2.12. The van der Waals surface area contributed by atoms with E-state index < -0.39 is 16.8 Å². The van der Waals surface area contributed by atoms with Gasteiger partial charge in [-0.15, -0.1) is 0 Å². The van der Waals surface area contributed by atoms with E-state index in [2.05, 4.69) is 10.3 Å². The second kappa shape index (κ2) is 5.64. The van der Waals surface area contributed by atoms with Gasteiger partial charge in [-0.2, -0.15) is 4.98 Å². The lowest BCUT2D eigenvalue weighted by Gasteiger charge is -2.10. The molecule has 0 fully saturated rings. The molecule has 90 valence electrons. The van der Waals surface area contributed by atoms with Crippen LogP contribution >= 0.6 is 0 Å². The van der Waals surface area contributed by atoms with E-state index in [0.29, 0.717) is 12.2 Å². The fourth-order valence-electron chi connectivity index (χ4n) is 1.06. The summed E-state index contributed by atoms with van der Waals surface area (Å²) in [5, 5.41) is 11.5. The number of anilines is 1. The molecule has 0 saturated heterocycles. The van der Waals surface area contributed by atoms with Gasteiger partial charge in [0.2, 0.25) is 0 Å². The molecule has 2 unspecified atom stereocenters. The van der Waals surface area contributed by atoms with Gasteiger partial charge in [-0.05, 0) is 13.3 Å². The van der Waals surface area contributed by atoms with Crippen molar-refractivity contribution in [2.45, 2.75) is 19.4 Å². The Balaban J connectivity index is 2.46. The molecular formula is C9H14N2O4S. The van der Waals surface area contributed by atoms with Crippen molar-refractivity contribution in [3.05, 3.63) is 12.0 Å². The Morgan fingerprint density at radius 2 is 2.44 bits per heavy atom. The average Bonchev–Trinajstić information content (AvgIpc) is 2.63. The van der Waals surface area contributed by atoms with Gasteiger partial charge in [0.1, 0.15) is 6.26 Å². The number of nitrogens with one attached hydrogen (secondary N) is 1. The third kappa shape index (κ3) is 4.01. The molecule has 0 aliphatic rings. The first kappa shape index (κ1) is 12.7. The van der Waals surface area contributed by atoms with Crippen molar-refractivity contribution in [3.63, 3.8) is 0 Å². The van der Waals surface area contributed by atoms with Crippen molar-refractivity contribution in [2.24, 2.45) is 0 Å². The molecule has 0 aliphatic heterocycles. The highest BCUT2D eigenvalue weighted by molar-refractivity contribution is 7.84. The van der Waals surface area contributed by atoms with Crippen molar-refractivity contribution in [3.8, 4) is 0 Å². The van der Waals surface area contributed by atoms with Crippen LogP contribution in [0.2, 0.25) is 0 Å². The summed E-state index contributed by atoms with van der Waals surface area (Å²) >= 11 is 0. The van der Waals surface area contributed by atoms with Gasteiger partial charge in [-0.1, -0.05) is 0 Å². The van der Waals surface area contributed by atoms with Gasteiger partial charge in [0.15, 0.2) is 5.69 Å². The maximum atomic E-state index is 10.9. The molecule has 1 heterocycles. The molecular weight excluding hydrogens is 232 g/mol. The van der Waals surface area contributed by atoms with E-state index in [4.69, 9.17) is 9.52 Å². The number of hydrogen-bond acceptors (Lipinski definition) is 5. The number of carboxylic acids is 1. The molecule has 2 N–H and O–H groups in total. The van der Waals surface area contributed by atoms with Crippen LogP contribution in [0.15, 0.2) is 10.7 Å². The maximum absolute atomic E-state index is 10.9. The number of carbonyl (C=O) groups is 1. The number of aromatic nitrogens is 1. The lowest BCUT2D eigenvalue weighted by molar-refractivity contribution is 0.0690. The molecule has 1 aromatic rings. The summed E-state index contributed by atoms with van der Waals surface area (Å²) in [6.45, 7) is 1.89. The quantitative estimate of drug-likeness (QED) is 0.776. The Morgan fingerprint density at radius 3 is 2.94 bits per heavy atom. The molecule has 2 atom stereocenters. The van der Waals surface area contributed by atoms with Crippen molar-refractivity contribution >= 4 is 22.8 Å². The largest absolute Gasteiger partial charge is 0.476 e. The Morgan fingerprint density at radius 1 is 1.75 bits per heavy atom. The summed E-state index contributed by atoms with van der Waals surface area (Å²) in [5.74, 6) is -0.542. The van der Waals surface area contributed by atoms with E-state index in [0.717, 1.165) is 6.26 Å². The van der Waals surface area contributed by atoms with Crippen LogP contribution < -0.4 is 5.32 Å². The lowest BCUT2D eigenvalue weighted by atomic mass is 10.3. The zero-order valence-electron chi connectivity index (χ0n) is 9.10. The van der Waals surface area contributed by atoms with Gasteiger partial charge in [0.25, 0.3) is 6.01 Å². The van der Waals surface area contributed by atoms with Gasteiger partial charge in [-0.3, -0.25) is 4.21 Å². The number of rotatable bonds is 6. The molecule has 16 heavy (non-hydrogen) atoms. The number of nitrogens with zero attached hydrogens (tertiary/aromatic N) is 1. The predicted molar refractivity (Wildman–Crippen MR) is 60.1 cm³/mol. The summed E-state index contributed by atoms with van der Waals surface area (Å²) in [7, 11) is -0.831. The highest BCUT2D eigenvalue weighted by Crippen LogP contribution is 2.10. The van der Waals surface area contributed by atoms with E-state index >= 15 is 0 Å². The van der Waals surface area contributed by atoms with Crippen LogP contribution in [0.25, 0.3) is 0 Å². The molecule has 0 bridgehead atoms. The number of hydrogen-bond donors (Lipinski definition) is 2. The summed E-state index contributed by atoms with van der Waals surface area (Å²) in [4.78, 5) is 14.2. The monoisotopic (exact) mass is 246 g/mol. The van der Waals surface area contributed by atoms with Crippen molar-refractivity contribution < 1.29 is 18.5 Å². The predicted octanol–water partition coefficient (Wildman–Crippen LogP) is 0.942. The minimum atomic E-state index is -1.13. The summed E-state index contributed by atoms with van der Waals surface area (Å²) in [6, 6.07) is 0.205. The molecule has 0 amide bonds. The fraction of sp³-hybridized carbons (Fsp3) is 0.556. The number of carboxylic acid groups (broad SMARTS) is 1. The first-order chi connectivity index (χ1) is 7.49. The van der Waals surface area contributed by atoms with Gasteiger partial charge in [0.05, 0.1) is 0 Å². The Bertz CT molecular complexity index is 391. The Labute approximate surface area is 95.5 Å². The maximum Gasteiger partial charge on any atom is 0.357 e. The molecule has 0 radical (unpaired) electrons. The molecule has 1 rings (SSSR count). The second-order valence-electron chi connectivity index (χ2n) is 3.45. The molecule has 0 aliphatic carbocycles. The first-order valence-electron chi connectivity index (χ1n) is 4.74. The van der Waals surface area contributed by atoms with Crippen LogP contribution in [-0.2, 0) is 10.8 Å². The van der Waals surface area contributed by atoms with Crippen molar-refractivity contribution in [1.82, 2.24) is 4.98 Å². The second-order valence-corrected chi connectivity index (χ2v) is 5.01. The zero-order chi connectivity index (χ0) is 12.1. The topological polar surface area (TPSA) is 92.4 Å². The third-order valence-electron chi connectivity index (χ3n) is 1.93. The molecule has 0 spiro atoms. The third-order valence-corrected chi connectivity index (χ3v) is 2.74. The summed E-state index contributed by atoms with van der Waals surface area (Å²) in [5.41, 5.74) is -0.131. The van der Waals surface area contributed by atoms with Crippen LogP contribution in [0.3, 0.4) is 0 Å². The standard InChI is InChI=1S/C9H14N2O4S/c1-6(3-4-16(2)14)10-9-11-7(5-15-9)8(12)13/h5-6H,3-4H2,1-2H3,(H,10,11)(H,12,13). The first-order valence-corrected chi connectivity index (χ1v) is 6.47. The van der Waals surface area contributed by atoms with E-state index in [9.17, 15) is 9.00 Å². The minimum Gasteiger partial charge on any atom is -0.476 e. The molecule has 6 nitrogen and oxygen atoms in total. The van der Waals surface area contributed by atoms with Crippen molar-refractivity contribution in [1.29, 1.82) is 0 Å². The summed E-state index contributed by atoms with van der Waals surface area (Å²) in [6.07, 6.45) is 3.42. The normalized spacial score (nSPS) is 14.4. The lowest BCUT2D eigenvalue weighted by Crippen LogP contribution is -2.18. The molecule has 1 aromatic heterocycles. The van der Waals surface area contributed by atoms with Gasteiger partial charge < -0.3 is 14.8 Å². The summed E-state index contributed by atoms with van der Waals surface area (Å²) < 4.78 is 15.8. The fourth-order valence-corrected chi connectivity index (χ4v) is 1.75. The van der Waals surface area contributed by atoms with E-state index in [1.165, 1.54) is 0 Å². The smallest absolute Gasteiger partial charge is 0.357 e.